The number of nitrogens with one attached hydrogen (secondary N) is 1. The van der Waals surface area contributed by atoms with E-state index in [0.717, 1.165) is 16.9 Å². The highest BCUT2D eigenvalue weighted by Gasteiger charge is 2.10. The molecule has 0 aliphatic carbocycles. The molecule has 1 heterocycles. The van der Waals surface area contributed by atoms with Crippen LogP contribution < -0.4 is 14.9 Å². The number of nitrogens with zero attached hydrogens (tertiary/aromatic N) is 2. The number of hydrogen-bond acceptors (Lipinski definition) is 4. The van der Waals surface area contributed by atoms with Crippen LogP contribution in [0.25, 0.3) is 5.69 Å². The van der Waals surface area contributed by atoms with Crippen LogP contribution in [0.3, 0.4) is 0 Å². The highest BCUT2D eigenvalue weighted by Crippen LogP contribution is 2.27. The van der Waals surface area contributed by atoms with Crippen molar-refractivity contribution in [2.45, 2.75) is 27.3 Å². The van der Waals surface area contributed by atoms with Crippen LogP contribution in [-0.4, -0.2) is 25.0 Å². The number of methoxy groups -OCH3 is 2. The van der Waals surface area contributed by atoms with Crippen LogP contribution in [0.15, 0.2) is 53.6 Å². The minimum Gasteiger partial charge on any atom is -0.493 e. The second kappa shape index (κ2) is 8.65. The van der Waals surface area contributed by atoms with Crippen LogP contribution >= 0.6 is 0 Å². The first-order valence-corrected chi connectivity index (χ1v) is 9.27. The number of hydrazone groups is 1. The van der Waals surface area contributed by atoms with Gasteiger partial charge in [0.05, 0.1) is 27.0 Å². The molecule has 0 aliphatic heterocycles. The van der Waals surface area contributed by atoms with Crippen molar-refractivity contribution in [3.8, 4) is 17.2 Å². The topological polar surface area (TPSA) is 47.8 Å². The third kappa shape index (κ3) is 4.03. The van der Waals surface area contributed by atoms with Crippen molar-refractivity contribution in [2.24, 2.45) is 5.10 Å². The summed E-state index contributed by atoms with van der Waals surface area (Å²) in [6.07, 6.45) is 1.87. The van der Waals surface area contributed by atoms with Crippen LogP contribution in [0.5, 0.6) is 11.5 Å². The molecule has 0 amide bonds. The van der Waals surface area contributed by atoms with Gasteiger partial charge in [-0.1, -0.05) is 24.3 Å². The number of rotatable bonds is 7. The molecule has 3 aromatic rings. The highest BCUT2D eigenvalue weighted by molar-refractivity contribution is 5.82. The van der Waals surface area contributed by atoms with Gasteiger partial charge in [-0.05, 0) is 56.2 Å². The average molecular weight is 377 g/mol. The van der Waals surface area contributed by atoms with E-state index in [2.05, 4.69) is 66.2 Å². The molecule has 0 fully saturated rings. The zero-order valence-corrected chi connectivity index (χ0v) is 17.1. The fraction of sp³-hybridized carbons (Fsp3) is 0.261. The number of benzene rings is 2. The summed E-state index contributed by atoms with van der Waals surface area (Å²) in [7, 11) is 3.27. The average Bonchev–Trinajstić information content (AvgIpc) is 2.98. The Kier molecular flexibility index (Phi) is 6.04. The minimum absolute atomic E-state index is 0.605. The van der Waals surface area contributed by atoms with Crippen molar-refractivity contribution < 1.29 is 9.47 Å². The van der Waals surface area contributed by atoms with E-state index in [9.17, 15) is 0 Å². The number of aromatic nitrogens is 1. The number of aryl methyl sites for hydroxylation is 2. The van der Waals surface area contributed by atoms with Crippen molar-refractivity contribution in [1.29, 1.82) is 0 Å². The Morgan fingerprint density at radius 1 is 0.964 bits per heavy atom. The van der Waals surface area contributed by atoms with Crippen LogP contribution in [0, 0.1) is 20.8 Å². The SMILES string of the molecule is COc1ccc(CN/N=C/c2cc(C)n(-c3ccccc3C)c2C)cc1OC. The fourth-order valence-electron chi connectivity index (χ4n) is 3.35. The van der Waals surface area contributed by atoms with E-state index < -0.39 is 0 Å². The van der Waals surface area contributed by atoms with Gasteiger partial charge in [0.2, 0.25) is 0 Å². The van der Waals surface area contributed by atoms with E-state index in [-0.39, 0.29) is 0 Å². The highest BCUT2D eigenvalue weighted by atomic mass is 16.5. The molecular formula is C23H27N3O2. The van der Waals surface area contributed by atoms with Gasteiger partial charge < -0.3 is 19.5 Å². The minimum atomic E-state index is 0.605. The third-order valence-electron chi connectivity index (χ3n) is 4.85. The molecule has 5 heteroatoms. The molecule has 2 aromatic carbocycles. The number of hydrogen-bond donors (Lipinski definition) is 1. The third-order valence-corrected chi connectivity index (χ3v) is 4.85. The zero-order valence-electron chi connectivity index (χ0n) is 17.1. The number of para-hydroxylation sites is 1. The summed E-state index contributed by atoms with van der Waals surface area (Å²) in [5.74, 6) is 1.44. The summed E-state index contributed by atoms with van der Waals surface area (Å²) >= 11 is 0. The van der Waals surface area contributed by atoms with Crippen molar-refractivity contribution in [3.05, 3.63) is 76.6 Å². The molecule has 0 radical (unpaired) electrons. The molecule has 146 valence electrons. The molecule has 0 spiro atoms. The quantitative estimate of drug-likeness (QED) is 0.486. The Bertz CT molecular complexity index is 990. The van der Waals surface area contributed by atoms with E-state index in [0.29, 0.717) is 12.3 Å². The Hall–Kier alpha value is -3.21. The van der Waals surface area contributed by atoms with E-state index in [4.69, 9.17) is 9.47 Å². The second-order valence-corrected chi connectivity index (χ2v) is 6.73. The lowest BCUT2D eigenvalue weighted by molar-refractivity contribution is 0.354. The molecule has 1 aromatic heterocycles. The molecule has 0 saturated carbocycles. The first kappa shape index (κ1) is 19.5. The van der Waals surface area contributed by atoms with Gasteiger partial charge >= 0.3 is 0 Å². The molecule has 28 heavy (non-hydrogen) atoms. The van der Waals surface area contributed by atoms with Crippen LogP contribution in [0.2, 0.25) is 0 Å². The lowest BCUT2D eigenvalue weighted by atomic mass is 10.2. The standard InChI is InChI=1S/C23H27N3O2/c1-16-8-6-7-9-21(16)26-17(2)12-20(18(26)3)15-25-24-14-19-10-11-22(27-4)23(13-19)28-5/h6-13,15,24H,14H2,1-5H3/b25-15+. The van der Waals surface area contributed by atoms with Gasteiger partial charge in [0, 0.05) is 22.6 Å². The molecule has 0 atom stereocenters. The first-order chi connectivity index (χ1) is 13.5. The zero-order chi connectivity index (χ0) is 20.1. The molecule has 1 N–H and O–H groups in total. The van der Waals surface area contributed by atoms with Gasteiger partial charge in [-0.25, -0.2) is 0 Å². The van der Waals surface area contributed by atoms with E-state index in [1.807, 2.05) is 24.4 Å². The molecule has 0 saturated heterocycles. The fourth-order valence-corrected chi connectivity index (χ4v) is 3.35. The van der Waals surface area contributed by atoms with Crippen molar-refractivity contribution >= 4 is 6.21 Å². The predicted molar refractivity (Wildman–Crippen MR) is 114 cm³/mol. The van der Waals surface area contributed by atoms with Crippen molar-refractivity contribution in [1.82, 2.24) is 9.99 Å². The largest absolute Gasteiger partial charge is 0.493 e. The monoisotopic (exact) mass is 377 g/mol. The van der Waals surface area contributed by atoms with Crippen molar-refractivity contribution in [2.75, 3.05) is 14.2 Å². The Morgan fingerprint density at radius 2 is 1.71 bits per heavy atom. The summed E-state index contributed by atoms with van der Waals surface area (Å²) < 4.78 is 12.9. The van der Waals surface area contributed by atoms with E-state index in [1.54, 1.807) is 14.2 Å². The summed E-state index contributed by atoms with van der Waals surface area (Å²) in [5.41, 5.74) is 10.1. The maximum absolute atomic E-state index is 5.34. The van der Waals surface area contributed by atoms with Crippen LogP contribution in [-0.2, 0) is 6.54 Å². The molecule has 3 rings (SSSR count). The van der Waals surface area contributed by atoms with Crippen LogP contribution in [0.4, 0.5) is 0 Å². The Labute approximate surface area is 166 Å². The maximum atomic E-state index is 5.34. The lowest BCUT2D eigenvalue weighted by Gasteiger charge is -2.12. The van der Waals surface area contributed by atoms with Gasteiger partial charge in [-0.2, -0.15) is 5.10 Å². The molecule has 0 unspecified atom stereocenters. The Balaban J connectivity index is 1.72. The smallest absolute Gasteiger partial charge is 0.161 e. The van der Waals surface area contributed by atoms with Gasteiger partial charge in [0.15, 0.2) is 11.5 Å². The second-order valence-electron chi connectivity index (χ2n) is 6.73. The van der Waals surface area contributed by atoms with E-state index >= 15 is 0 Å². The van der Waals surface area contributed by atoms with Gasteiger partial charge in [0.25, 0.3) is 0 Å². The molecular weight excluding hydrogens is 350 g/mol. The maximum Gasteiger partial charge on any atom is 0.161 e. The lowest BCUT2D eigenvalue weighted by Crippen LogP contribution is -2.06. The molecule has 5 nitrogen and oxygen atoms in total. The Morgan fingerprint density at radius 3 is 2.43 bits per heavy atom. The summed E-state index contributed by atoms with van der Waals surface area (Å²) in [4.78, 5) is 0. The summed E-state index contributed by atoms with van der Waals surface area (Å²) in [5, 5.41) is 4.41. The summed E-state index contributed by atoms with van der Waals surface area (Å²) in [6, 6.07) is 16.4. The number of ether oxygens (including phenoxy) is 2. The van der Waals surface area contributed by atoms with Gasteiger partial charge in [-0.15, -0.1) is 0 Å². The van der Waals surface area contributed by atoms with Gasteiger partial charge in [-0.3, -0.25) is 0 Å². The van der Waals surface area contributed by atoms with Gasteiger partial charge in [0.1, 0.15) is 0 Å². The molecule has 0 bridgehead atoms. The summed E-state index contributed by atoms with van der Waals surface area (Å²) in [6.45, 7) is 6.98. The van der Waals surface area contributed by atoms with Crippen LogP contribution in [0.1, 0.15) is 28.1 Å². The van der Waals surface area contributed by atoms with Crippen molar-refractivity contribution in [3.63, 3.8) is 0 Å². The molecule has 0 aliphatic rings. The predicted octanol–water partition coefficient (Wildman–Crippen LogP) is 4.54. The first-order valence-electron chi connectivity index (χ1n) is 9.27. The normalized spacial score (nSPS) is 11.0. The van der Waals surface area contributed by atoms with E-state index in [1.165, 1.54) is 22.6 Å².